The highest BCUT2D eigenvalue weighted by Crippen LogP contribution is 2.31. The molecule has 0 radical (unpaired) electrons. The summed E-state index contributed by atoms with van der Waals surface area (Å²) in [6.45, 7) is 4.01. The second-order valence-corrected chi connectivity index (χ2v) is 7.35. The van der Waals surface area contributed by atoms with Crippen LogP contribution in [-0.2, 0) is 10.5 Å². The minimum atomic E-state index is -0.121. The second kappa shape index (κ2) is 10.1. The Balaban J connectivity index is 1.98. The summed E-state index contributed by atoms with van der Waals surface area (Å²) >= 11 is 1.64. The fraction of sp³-hybridized carbons (Fsp3) is 0.381. The monoisotopic (exact) mass is 373 g/mol. The van der Waals surface area contributed by atoms with Crippen molar-refractivity contribution in [2.45, 2.75) is 37.3 Å². The first-order valence-corrected chi connectivity index (χ1v) is 9.81. The van der Waals surface area contributed by atoms with Crippen LogP contribution < -0.4 is 14.8 Å². The molecule has 0 saturated heterocycles. The molecule has 0 fully saturated rings. The van der Waals surface area contributed by atoms with E-state index in [1.165, 1.54) is 5.56 Å². The molecule has 0 aliphatic carbocycles. The molecule has 1 amide bonds. The van der Waals surface area contributed by atoms with Crippen LogP contribution in [0.15, 0.2) is 48.5 Å². The molecule has 0 aromatic heterocycles. The molecule has 0 bridgehead atoms. The third-order valence-electron chi connectivity index (χ3n) is 4.25. The van der Waals surface area contributed by atoms with Gasteiger partial charge in [0.2, 0.25) is 5.91 Å². The maximum absolute atomic E-state index is 12.6. The summed E-state index contributed by atoms with van der Waals surface area (Å²) in [5.41, 5.74) is 2.24. The molecule has 140 valence electrons. The van der Waals surface area contributed by atoms with Gasteiger partial charge in [-0.15, -0.1) is 11.8 Å². The Kier molecular flexibility index (Phi) is 7.85. The third-order valence-corrected chi connectivity index (χ3v) is 5.46. The van der Waals surface area contributed by atoms with Crippen molar-refractivity contribution in [2.24, 2.45) is 0 Å². The fourth-order valence-electron chi connectivity index (χ4n) is 2.65. The van der Waals surface area contributed by atoms with Crippen LogP contribution in [-0.4, -0.2) is 25.4 Å². The molecule has 2 rings (SSSR count). The number of hydrogen-bond donors (Lipinski definition) is 1. The van der Waals surface area contributed by atoms with Crippen molar-refractivity contribution in [1.82, 2.24) is 5.32 Å². The molecule has 2 atom stereocenters. The second-order valence-electron chi connectivity index (χ2n) is 6.02. The lowest BCUT2D eigenvalue weighted by molar-refractivity contribution is -0.121. The van der Waals surface area contributed by atoms with E-state index in [1.807, 2.05) is 43.3 Å². The quantitative estimate of drug-likeness (QED) is 0.698. The first-order chi connectivity index (χ1) is 12.6. The summed E-state index contributed by atoms with van der Waals surface area (Å²) in [7, 11) is 3.23. The van der Waals surface area contributed by atoms with Crippen molar-refractivity contribution >= 4 is 17.7 Å². The van der Waals surface area contributed by atoms with E-state index < -0.39 is 0 Å². The number of amides is 1. The molecule has 2 aromatic carbocycles. The van der Waals surface area contributed by atoms with Gasteiger partial charge in [-0.1, -0.05) is 43.3 Å². The van der Waals surface area contributed by atoms with Gasteiger partial charge in [-0.05, 0) is 36.6 Å². The molecule has 0 aliphatic heterocycles. The molecule has 0 aliphatic rings. The molecule has 0 unspecified atom stereocenters. The smallest absolute Gasteiger partial charge is 0.233 e. The average molecular weight is 374 g/mol. The maximum atomic E-state index is 12.6. The Labute approximate surface area is 160 Å². The Hall–Kier alpha value is -2.14. The first-order valence-electron chi connectivity index (χ1n) is 8.76. The predicted molar refractivity (Wildman–Crippen MR) is 108 cm³/mol. The third kappa shape index (κ3) is 5.43. The molecule has 0 spiro atoms. The van der Waals surface area contributed by atoms with Crippen molar-refractivity contribution in [2.75, 3.05) is 14.2 Å². The van der Waals surface area contributed by atoms with Crippen LogP contribution in [0.1, 0.15) is 37.4 Å². The normalized spacial score (nSPS) is 12.9. The number of ether oxygens (including phenoxy) is 2. The van der Waals surface area contributed by atoms with E-state index in [9.17, 15) is 4.79 Å². The Bertz CT molecular complexity index is 706. The van der Waals surface area contributed by atoms with Crippen LogP contribution >= 0.6 is 11.8 Å². The number of rotatable bonds is 9. The van der Waals surface area contributed by atoms with Gasteiger partial charge in [-0.3, -0.25) is 4.79 Å². The van der Waals surface area contributed by atoms with E-state index in [0.29, 0.717) is 11.5 Å². The van der Waals surface area contributed by atoms with Gasteiger partial charge in [-0.2, -0.15) is 0 Å². The summed E-state index contributed by atoms with van der Waals surface area (Å²) in [5.74, 6) is 2.23. The van der Waals surface area contributed by atoms with Gasteiger partial charge in [0.05, 0.1) is 25.5 Å². The zero-order chi connectivity index (χ0) is 18.9. The van der Waals surface area contributed by atoms with E-state index in [-0.39, 0.29) is 17.2 Å². The van der Waals surface area contributed by atoms with Crippen LogP contribution in [0.5, 0.6) is 11.5 Å². The molecular formula is C21H27NO3S. The number of carbonyl (C=O) groups excluding carboxylic acids is 1. The zero-order valence-corrected chi connectivity index (χ0v) is 16.6. The van der Waals surface area contributed by atoms with Gasteiger partial charge >= 0.3 is 0 Å². The Morgan fingerprint density at radius 3 is 2.38 bits per heavy atom. The van der Waals surface area contributed by atoms with Crippen molar-refractivity contribution < 1.29 is 14.3 Å². The zero-order valence-electron chi connectivity index (χ0n) is 15.8. The summed E-state index contributed by atoms with van der Waals surface area (Å²) in [4.78, 5) is 12.6. The average Bonchev–Trinajstić information content (AvgIpc) is 2.70. The molecule has 26 heavy (non-hydrogen) atoms. The summed E-state index contributed by atoms with van der Waals surface area (Å²) in [6, 6.07) is 15.9. The van der Waals surface area contributed by atoms with Gasteiger partial charge in [0.1, 0.15) is 0 Å². The first kappa shape index (κ1) is 20.2. The van der Waals surface area contributed by atoms with Crippen LogP contribution in [0.25, 0.3) is 0 Å². The van der Waals surface area contributed by atoms with E-state index >= 15 is 0 Å². The van der Waals surface area contributed by atoms with E-state index in [4.69, 9.17) is 9.47 Å². The fourth-order valence-corrected chi connectivity index (χ4v) is 3.51. The van der Waals surface area contributed by atoms with Crippen molar-refractivity contribution in [1.29, 1.82) is 0 Å². The SMILES string of the molecule is CC[C@@H](NC(=O)[C@@H](C)SCc1ccccc1)c1ccc(OC)c(OC)c1. The number of thioether (sulfide) groups is 1. The van der Waals surface area contributed by atoms with Gasteiger partial charge < -0.3 is 14.8 Å². The lowest BCUT2D eigenvalue weighted by Crippen LogP contribution is -2.34. The molecule has 0 heterocycles. The summed E-state index contributed by atoms with van der Waals surface area (Å²) in [5, 5.41) is 3.03. The lowest BCUT2D eigenvalue weighted by Gasteiger charge is -2.21. The number of carbonyl (C=O) groups is 1. The lowest BCUT2D eigenvalue weighted by atomic mass is 10.0. The number of hydrogen-bond acceptors (Lipinski definition) is 4. The van der Waals surface area contributed by atoms with Crippen molar-refractivity contribution in [3.8, 4) is 11.5 Å². The van der Waals surface area contributed by atoms with E-state index in [2.05, 4.69) is 24.4 Å². The van der Waals surface area contributed by atoms with Crippen LogP contribution in [0.4, 0.5) is 0 Å². The van der Waals surface area contributed by atoms with Crippen LogP contribution in [0.3, 0.4) is 0 Å². The van der Waals surface area contributed by atoms with Crippen molar-refractivity contribution in [3.63, 3.8) is 0 Å². The van der Waals surface area contributed by atoms with Crippen LogP contribution in [0, 0.1) is 0 Å². The highest BCUT2D eigenvalue weighted by molar-refractivity contribution is 7.99. The summed E-state index contributed by atoms with van der Waals surface area (Å²) < 4.78 is 10.7. The standard InChI is InChI=1S/C21H27NO3S/c1-5-18(17-11-12-19(24-3)20(13-17)25-4)22-21(23)15(2)26-14-16-9-7-6-8-10-16/h6-13,15,18H,5,14H2,1-4H3,(H,22,23)/t15-,18-/m1/s1. The maximum Gasteiger partial charge on any atom is 0.233 e. The minimum absolute atomic E-state index is 0.0487. The van der Waals surface area contributed by atoms with Crippen molar-refractivity contribution in [3.05, 3.63) is 59.7 Å². The Morgan fingerprint density at radius 2 is 1.77 bits per heavy atom. The molecule has 0 saturated carbocycles. The van der Waals surface area contributed by atoms with E-state index in [1.54, 1.807) is 26.0 Å². The molecule has 1 N–H and O–H groups in total. The molecule has 2 aromatic rings. The van der Waals surface area contributed by atoms with Gasteiger partial charge in [0, 0.05) is 5.75 Å². The van der Waals surface area contributed by atoms with Gasteiger partial charge in [0.15, 0.2) is 11.5 Å². The molecular weight excluding hydrogens is 346 g/mol. The topological polar surface area (TPSA) is 47.6 Å². The largest absolute Gasteiger partial charge is 0.493 e. The molecule has 5 heteroatoms. The summed E-state index contributed by atoms with van der Waals surface area (Å²) in [6.07, 6.45) is 0.803. The number of benzene rings is 2. The number of methoxy groups -OCH3 is 2. The van der Waals surface area contributed by atoms with Crippen LogP contribution in [0.2, 0.25) is 0 Å². The Morgan fingerprint density at radius 1 is 1.08 bits per heavy atom. The minimum Gasteiger partial charge on any atom is -0.493 e. The van der Waals surface area contributed by atoms with Gasteiger partial charge in [0.25, 0.3) is 0 Å². The highest BCUT2D eigenvalue weighted by Gasteiger charge is 2.19. The highest BCUT2D eigenvalue weighted by atomic mass is 32.2. The number of nitrogens with one attached hydrogen (secondary N) is 1. The predicted octanol–water partition coefficient (Wildman–Crippen LogP) is 4.59. The van der Waals surface area contributed by atoms with E-state index in [0.717, 1.165) is 17.7 Å². The van der Waals surface area contributed by atoms with Gasteiger partial charge in [-0.25, -0.2) is 0 Å². The molecule has 4 nitrogen and oxygen atoms in total.